The second-order valence-electron chi connectivity index (χ2n) is 3.44. The van der Waals surface area contributed by atoms with Gasteiger partial charge in [0, 0.05) is 9.37 Å². The summed E-state index contributed by atoms with van der Waals surface area (Å²) in [5.41, 5.74) is 0.167. The number of halogens is 1. The molecule has 0 heterocycles. The maximum atomic E-state index is 9.80. The van der Waals surface area contributed by atoms with Crippen LogP contribution < -0.4 is 0 Å². The predicted octanol–water partition coefficient (Wildman–Crippen LogP) is 3.40. The fourth-order valence-electron chi connectivity index (χ4n) is 1.03. The molecule has 1 nitrogen and oxygen atoms in total. The standard InChI is InChI=1S/C10H13BrOS/c1-10(2,12)7-4-8(11)6-9(5-7)13-3/h4-6,12H,1-3H3. The highest BCUT2D eigenvalue weighted by Crippen LogP contribution is 2.28. The quantitative estimate of drug-likeness (QED) is 0.823. The fourth-order valence-corrected chi connectivity index (χ4v) is 2.17. The van der Waals surface area contributed by atoms with Gasteiger partial charge in [-0.25, -0.2) is 0 Å². The van der Waals surface area contributed by atoms with Crippen LogP contribution in [-0.2, 0) is 5.60 Å². The lowest BCUT2D eigenvalue weighted by molar-refractivity contribution is 0.0783. The van der Waals surface area contributed by atoms with E-state index in [-0.39, 0.29) is 0 Å². The first-order valence-corrected chi connectivity index (χ1v) is 6.02. The average Bonchev–Trinajstić information content (AvgIpc) is 2.01. The van der Waals surface area contributed by atoms with Gasteiger partial charge in [0.1, 0.15) is 0 Å². The Morgan fingerprint density at radius 3 is 2.38 bits per heavy atom. The summed E-state index contributed by atoms with van der Waals surface area (Å²) >= 11 is 5.09. The van der Waals surface area contributed by atoms with Gasteiger partial charge in [-0.2, -0.15) is 0 Å². The zero-order chi connectivity index (χ0) is 10.1. The molecule has 1 rings (SSSR count). The van der Waals surface area contributed by atoms with E-state index >= 15 is 0 Å². The maximum Gasteiger partial charge on any atom is 0.0841 e. The number of rotatable bonds is 2. The van der Waals surface area contributed by atoms with Crippen molar-refractivity contribution in [3.63, 3.8) is 0 Å². The Morgan fingerprint density at radius 2 is 1.92 bits per heavy atom. The van der Waals surface area contributed by atoms with E-state index in [1.54, 1.807) is 25.6 Å². The van der Waals surface area contributed by atoms with Gasteiger partial charge in [0.05, 0.1) is 5.60 Å². The van der Waals surface area contributed by atoms with E-state index < -0.39 is 5.60 Å². The van der Waals surface area contributed by atoms with Crippen LogP contribution >= 0.6 is 27.7 Å². The molecule has 13 heavy (non-hydrogen) atoms. The van der Waals surface area contributed by atoms with Crippen LogP contribution in [0.3, 0.4) is 0 Å². The van der Waals surface area contributed by atoms with Crippen LogP contribution in [0.2, 0.25) is 0 Å². The molecular weight excluding hydrogens is 248 g/mol. The first-order valence-electron chi connectivity index (χ1n) is 4.01. The largest absolute Gasteiger partial charge is 0.386 e. The first kappa shape index (κ1) is 11.1. The molecule has 0 amide bonds. The summed E-state index contributed by atoms with van der Waals surface area (Å²) in [7, 11) is 0. The van der Waals surface area contributed by atoms with E-state index in [0.29, 0.717) is 0 Å². The molecule has 0 radical (unpaired) electrons. The summed E-state index contributed by atoms with van der Waals surface area (Å²) in [5, 5.41) is 9.80. The lowest BCUT2D eigenvalue weighted by Crippen LogP contribution is -2.15. The Kier molecular flexibility index (Phi) is 3.44. The molecule has 0 aromatic heterocycles. The maximum absolute atomic E-state index is 9.80. The molecule has 1 aromatic rings. The molecule has 0 fully saturated rings. The van der Waals surface area contributed by atoms with E-state index in [4.69, 9.17) is 0 Å². The lowest BCUT2D eigenvalue weighted by Gasteiger charge is -2.18. The van der Waals surface area contributed by atoms with Crippen LogP contribution in [0.15, 0.2) is 27.6 Å². The number of hydrogen-bond donors (Lipinski definition) is 1. The Labute approximate surface area is 91.7 Å². The van der Waals surface area contributed by atoms with Gasteiger partial charge >= 0.3 is 0 Å². The normalized spacial score (nSPS) is 11.8. The van der Waals surface area contributed by atoms with Crippen LogP contribution in [-0.4, -0.2) is 11.4 Å². The molecule has 0 aliphatic carbocycles. The molecule has 0 saturated carbocycles. The highest BCUT2D eigenvalue weighted by atomic mass is 79.9. The molecule has 0 atom stereocenters. The number of aliphatic hydroxyl groups is 1. The van der Waals surface area contributed by atoms with Gasteiger partial charge in [-0.3, -0.25) is 0 Å². The van der Waals surface area contributed by atoms with Crippen molar-refractivity contribution in [2.75, 3.05) is 6.26 Å². The number of benzene rings is 1. The third kappa shape index (κ3) is 3.01. The van der Waals surface area contributed by atoms with Crippen molar-refractivity contribution in [1.82, 2.24) is 0 Å². The molecule has 1 N–H and O–H groups in total. The molecular formula is C10H13BrOS. The Morgan fingerprint density at radius 1 is 1.31 bits per heavy atom. The summed E-state index contributed by atoms with van der Waals surface area (Å²) < 4.78 is 1.01. The smallest absolute Gasteiger partial charge is 0.0841 e. The van der Waals surface area contributed by atoms with Crippen LogP contribution in [0.1, 0.15) is 19.4 Å². The second-order valence-corrected chi connectivity index (χ2v) is 5.23. The van der Waals surface area contributed by atoms with Crippen molar-refractivity contribution in [2.45, 2.75) is 24.3 Å². The molecule has 0 spiro atoms. The molecule has 1 aromatic carbocycles. The van der Waals surface area contributed by atoms with Crippen LogP contribution in [0, 0.1) is 0 Å². The van der Waals surface area contributed by atoms with Crippen LogP contribution in [0.25, 0.3) is 0 Å². The summed E-state index contributed by atoms with van der Waals surface area (Å²) in [6, 6.07) is 6.00. The zero-order valence-electron chi connectivity index (χ0n) is 7.97. The molecule has 0 bridgehead atoms. The van der Waals surface area contributed by atoms with Crippen molar-refractivity contribution in [2.24, 2.45) is 0 Å². The predicted molar refractivity (Wildman–Crippen MR) is 61.2 cm³/mol. The zero-order valence-corrected chi connectivity index (χ0v) is 10.4. The van der Waals surface area contributed by atoms with Gasteiger partial charge in [0.15, 0.2) is 0 Å². The van der Waals surface area contributed by atoms with Crippen molar-refractivity contribution in [3.8, 4) is 0 Å². The fraction of sp³-hybridized carbons (Fsp3) is 0.400. The lowest BCUT2D eigenvalue weighted by atomic mass is 9.99. The highest BCUT2D eigenvalue weighted by Gasteiger charge is 2.16. The van der Waals surface area contributed by atoms with Crippen LogP contribution in [0.4, 0.5) is 0 Å². The highest BCUT2D eigenvalue weighted by molar-refractivity contribution is 9.10. The van der Waals surface area contributed by atoms with Gasteiger partial charge in [0.2, 0.25) is 0 Å². The van der Waals surface area contributed by atoms with E-state index in [9.17, 15) is 5.11 Å². The summed E-state index contributed by atoms with van der Waals surface area (Å²) in [4.78, 5) is 1.16. The summed E-state index contributed by atoms with van der Waals surface area (Å²) in [6.07, 6.45) is 2.02. The molecule has 0 saturated heterocycles. The Bertz CT molecular complexity index is 304. The minimum atomic E-state index is -0.770. The molecule has 72 valence electrons. The van der Waals surface area contributed by atoms with Crippen molar-refractivity contribution in [3.05, 3.63) is 28.2 Å². The first-order chi connectivity index (χ1) is 5.93. The number of hydrogen-bond acceptors (Lipinski definition) is 2. The summed E-state index contributed by atoms with van der Waals surface area (Å²) in [6.45, 7) is 3.58. The summed E-state index contributed by atoms with van der Waals surface area (Å²) in [5.74, 6) is 0. The Hall–Kier alpha value is 0.01000. The third-order valence-corrected chi connectivity index (χ3v) is 2.98. The van der Waals surface area contributed by atoms with Gasteiger partial charge < -0.3 is 5.11 Å². The van der Waals surface area contributed by atoms with Gasteiger partial charge in [0.25, 0.3) is 0 Å². The molecule has 3 heteroatoms. The third-order valence-electron chi connectivity index (χ3n) is 1.81. The second kappa shape index (κ2) is 4.03. The molecule has 0 unspecified atom stereocenters. The monoisotopic (exact) mass is 260 g/mol. The van der Waals surface area contributed by atoms with Gasteiger partial charge in [-0.15, -0.1) is 11.8 Å². The van der Waals surface area contributed by atoms with Crippen LogP contribution in [0.5, 0.6) is 0 Å². The van der Waals surface area contributed by atoms with E-state index in [1.165, 1.54) is 0 Å². The van der Waals surface area contributed by atoms with Crippen molar-refractivity contribution < 1.29 is 5.11 Å². The topological polar surface area (TPSA) is 20.2 Å². The minimum absolute atomic E-state index is 0.770. The Balaban J connectivity index is 3.16. The minimum Gasteiger partial charge on any atom is -0.386 e. The van der Waals surface area contributed by atoms with E-state index in [1.807, 2.05) is 24.5 Å². The van der Waals surface area contributed by atoms with Gasteiger partial charge in [-0.1, -0.05) is 15.9 Å². The van der Waals surface area contributed by atoms with Gasteiger partial charge in [-0.05, 0) is 43.9 Å². The molecule has 0 aliphatic heterocycles. The van der Waals surface area contributed by atoms with E-state index in [2.05, 4.69) is 15.9 Å². The SMILES string of the molecule is CSc1cc(Br)cc(C(C)(C)O)c1. The average molecular weight is 261 g/mol. The van der Waals surface area contributed by atoms with Crippen molar-refractivity contribution in [1.29, 1.82) is 0 Å². The van der Waals surface area contributed by atoms with E-state index in [0.717, 1.165) is 14.9 Å². The number of thioether (sulfide) groups is 1. The van der Waals surface area contributed by atoms with Crippen molar-refractivity contribution >= 4 is 27.7 Å². The molecule has 0 aliphatic rings.